The quantitative estimate of drug-likeness (QED) is 0.0204. The van der Waals surface area contributed by atoms with Crippen LogP contribution in [0.3, 0.4) is 0 Å². The minimum atomic E-state index is -1.79. The third-order valence-electron chi connectivity index (χ3n) is 16.7. The number of aliphatic hydroxyl groups is 8. The average molecular weight is 1190 g/mol. The van der Waals surface area contributed by atoms with E-state index in [1.54, 1.807) is 6.08 Å². The van der Waals surface area contributed by atoms with Crippen molar-refractivity contribution in [2.24, 2.45) is 0 Å². The summed E-state index contributed by atoms with van der Waals surface area (Å²) in [6.45, 7) is 2.70. The van der Waals surface area contributed by atoms with Crippen molar-refractivity contribution in [2.75, 3.05) is 19.8 Å². The van der Waals surface area contributed by atoms with Gasteiger partial charge in [0.1, 0.15) is 48.8 Å². The Morgan fingerprint density at radius 2 is 0.821 bits per heavy atom. The summed E-state index contributed by atoms with van der Waals surface area (Å²) in [5.74, 6) is -0.236. The number of hydrogen-bond donors (Lipinski definition) is 9. The summed E-state index contributed by atoms with van der Waals surface area (Å²) in [5, 5.41) is 87.2. The average Bonchev–Trinajstić information content (AvgIpc) is 2.58. The number of aliphatic hydroxyl groups excluding tert-OH is 8. The van der Waals surface area contributed by atoms with Crippen LogP contribution in [-0.2, 0) is 23.7 Å². The van der Waals surface area contributed by atoms with Crippen molar-refractivity contribution in [1.29, 1.82) is 0 Å². The normalized spacial score (nSPS) is 24.0. The van der Waals surface area contributed by atoms with Crippen LogP contribution in [-0.4, -0.2) is 140 Å². The summed E-state index contributed by atoms with van der Waals surface area (Å²) in [7, 11) is 0. The highest BCUT2D eigenvalue weighted by atomic mass is 16.7. The Bertz CT molecular complexity index is 1640. The molecule has 9 N–H and O–H groups in total. The van der Waals surface area contributed by atoms with E-state index in [0.717, 1.165) is 64.2 Å². The van der Waals surface area contributed by atoms with Crippen molar-refractivity contribution < 1.29 is 64.6 Å². The van der Waals surface area contributed by atoms with Gasteiger partial charge in [-0.2, -0.15) is 0 Å². The van der Waals surface area contributed by atoms with Gasteiger partial charge in [0.25, 0.3) is 0 Å². The van der Waals surface area contributed by atoms with E-state index in [4.69, 9.17) is 18.9 Å². The number of carbonyl (C=O) groups is 1. The topological polar surface area (TPSA) is 228 Å². The van der Waals surface area contributed by atoms with Gasteiger partial charge < -0.3 is 65.1 Å². The number of rotatable bonds is 56. The van der Waals surface area contributed by atoms with E-state index in [1.807, 2.05) is 6.08 Å². The summed E-state index contributed by atoms with van der Waals surface area (Å²) in [4.78, 5) is 13.3. The van der Waals surface area contributed by atoms with Crippen molar-refractivity contribution >= 4 is 5.91 Å². The van der Waals surface area contributed by atoms with Crippen LogP contribution in [0.2, 0.25) is 0 Å². The van der Waals surface area contributed by atoms with Crippen LogP contribution >= 0.6 is 0 Å². The molecule has 1 amide bonds. The van der Waals surface area contributed by atoms with Crippen LogP contribution in [0.5, 0.6) is 0 Å². The first-order valence-electron chi connectivity index (χ1n) is 34.5. The van der Waals surface area contributed by atoms with Gasteiger partial charge in [-0.1, -0.05) is 280 Å². The molecular formula is C70H127NO13. The number of carbonyl (C=O) groups excluding carboxylic acids is 1. The Hall–Kier alpha value is -2.31. The van der Waals surface area contributed by atoms with Crippen LogP contribution in [0.1, 0.15) is 284 Å². The fourth-order valence-electron chi connectivity index (χ4n) is 11.2. The zero-order chi connectivity index (χ0) is 60.9. The fourth-order valence-corrected chi connectivity index (χ4v) is 11.2. The number of allylic oxidation sites excluding steroid dienone is 9. The van der Waals surface area contributed by atoms with Crippen LogP contribution < -0.4 is 5.32 Å². The van der Waals surface area contributed by atoms with Crippen molar-refractivity contribution in [3.8, 4) is 0 Å². The standard InChI is InChI=1S/C70H127NO13/c1-3-5-7-9-11-13-15-17-18-19-20-21-22-23-24-25-26-27-28-29-30-31-32-33-34-35-36-37-38-39-40-42-44-46-48-50-52-54-62(75)71-58(59(74)53-51-49-47-45-43-41-16-14-12-10-8-6-4-2)57-81-69-67(80)65(78)68(61(56-73)83-69)84-70-66(79)64(77)63(76)60(55-72)82-70/h5,7,11,13,17-18,20-21,51,53,58-61,63-70,72-74,76-80H,3-4,6,8-10,12,14-16,19,22-50,52,54-57H2,1-2H3,(H,71,75)/b7-5-,13-11-,18-17-,21-20-,53-51+. The molecule has 12 unspecified atom stereocenters. The summed E-state index contributed by atoms with van der Waals surface area (Å²) < 4.78 is 22.8. The molecule has 0 aromatic carbocycles. The number of hydrogen-bond acceptors (Lipinski definition) is 13. The fraction of sp³-hybridized carbons (Fsp3) is 0.843. The zero-order valence-electron chi connectivity index (χ0n) is 53.1. The van der Waals surface area contributed by atoms with Gasteiger partial charge in [0.2, 0.25) is 5.91 Å². The highest BCUT2D eigenvalue weighted by Gasteiger charge is 2.51. The first kappa shape index (κ1) is 77.8. The predicted molar refractivity (Wildman–Crippen MR) is 341 cm³/mol. The molecular weight excluding hydrogens is 1060 g/mol. The number of amides is 1. The van der Waals surface area contributed by atoms with E-state index in [1.165, 1.54) is 193 Å². The van der Waals surface area contributed by atoms with Crippen LogP contribution in [0, 0.1) is 0 Å². The third-order valence-corrected chi connectivity index (χ3v) is 16.7. The maximum Gasteiger partial charge on any atom is 0.220 e. The second-order valence-electron chi connectivity index (χ2n) is 24.3. The van der Waals surface area contributed by atoms with Crippen molar-refractivity contribution in [1.82, 2.24) is 5.32 Å². The van der Waals surface area contributed by atoms with E-state index in [-0.39, 0.29) is 18.9 Å². The third kappa shape index (κ3) is 38.9. The van der Waals surface area contributed by atoms with Gasteiger partial charge in [0, 0.05) is 6.42 Å². The molecule has 0 aromatic rings. The summed E-state index contributed by atoms with van der Waals surface area (Å²) in [6.07, 6.45) is 55.8. The van der Waals surface area contributed by atoms with Gasteiger partial charge in [-0.25, -0.2) is 0 Å². The lowest BCUT2D eigenvalue weighted by molar-refractivity contribution is -0.359. The molecule has 0 bridgehead atoms. The minimum Gasteiger partial charge on any atom is -0.394 e. The predicted octanol–water partition coefficient (Wildman–Crippen LogP) is 13.7. The van der Waals surface area contributed by atoms with Crippen LogP contribution in [0.25, 0.3) is 0 Å². The summed E-state index contributed by atoms with van der Waals surface area (Å²) in [6, 6.07) is -0.913. The van der Waals surface area contributed by atoms with E-state index in [0.29, 0.717) is 6.42 Å². The van der Waals surface area contributed by atoms with Gasteiger partial charge >= 0.3 is 0 Å². The first-order valence-corrected chi connectivity index (χ1v) is 34.5. The van der Waals surface area contributed by atoms with E-state index in [9.17, 15) is 45.6 Å². The van der Waals surface area contributed by atoms with E-state index in [2.05, 4.69) is 67.8 Å². The minimum absolute atomic E-state index is 0.236. The van der Waals surface area contributed by atoms with E-state index >= 15 is 0 Å². The monoisotopic (exact) mass is 1190 g/mol. The molecule has 2 aliphatic heterocycles. The van der Waals surface area contributed by atoms with Gasteiger partial charge in [-0.15, -0.1) is 0 Å². The maximum absolute atomic E-state index is 13.3. The largest absolute Gasteiger partial charge is 0.394 e. The Labute approximate surface area is 511 Å². The Kier molecular flexibility index (Phi) is 50.8. The Balaban J connectivity index is 1.57. The molecule has 2 fully saturated rings. The second kappa shape index (κ2) is 54.8. The SMILES string of the molecule is CC/C=C\C/C=C\C/C=C\C/C=C\CCCCCCCCCCCCCCCCCCCCCCCCCCC(=O)NC(COC1OC(CO)C(OC2OC(CO)C(O)C(O)C2O)C(O)C1O)C(O)/C=C/CCCCCCCCCCCCC. The molecule has 0 aliphatic carbocycles. The Morgan fingerprint density at radius 3 is 1.26 bits per heavy atom. The molecule has 2 heterocycles. The first-order chi connectivity index (χ1) is 41.1. The maximum atomic E-state index is 13.3. The molecule has 490 valence electrons. The van der Waals surface area contributed by atoms with Gasteiger partial charge in [0.05, 0.1) is 32.0 Å². The van der Waals surface area contributed by atoms with Gasteiger partial charge in [-0.3, -0.25) is 4.79 Å². The molecule has 0 spiro atoms. The lowest BCUT2D eigenvalue weighted by Gasteiger charge is -2.46. The lowest BCUT2D eigenvalue weighted by Crippen LogP contribution is -2.65. The van der Waals surface area contributed by atoms with Gasteiger partial charge in [0.15, 0.2) is 12.6 Å². The molecule has 14 nitrogen and oxygen atoms in total. The molecule has 2 rings (SSSR count). The molecule has 14 heteroatoms. The van der Waals surface area contributed by atoms with Crippen molar-refractivity contribution in [3.63, 3.8) is 0 Å². The molecule has 84 heavy (non-hydrogen) atoms. The molecule has 0 aromatic heterocycles. The molecule has 2 saturated heterocycles. The van der Waals surface area contributed by atoms with Crippen molar-refractivity contribution in [3.05, 3.63) is 60.8 Å². The molecule has 0 saturated carbocycles. The number of nitrogens with one attached hydrogen (secondary N) is 1. The van der Waals surface area contributed by atoms with Gasteiger partial charge in [-0.05, 0) is 57.8 Å². The summed E-state index contributed by atoms with van der Waals surface area (Å²) >= 11 is 0. The van der Waals surface area contributed by atoms with Crippen molar-refractivity contribution in [2.45, 2.75) is 357 Å². The molecule has 2 aliphatic rings. The highest BCUT2D eigenvalue weighted by Crippen LogP contribution is 2.30. The lowest BCUT2D eigenvalue weighted by atomic mass is 9.97. The molecule has 12 atom stereocenters. The molecule has 0 radical (unpaired) electrons. The number of unbranched alkanes of at least 4 members (excludes halogenated alkanes) is 35. The van der Waals surface area contributed by atoms with Crippen LogP contribution in [0.4, 0.5) is 0 Å². The number of ether oxygens (including phenoxy) is 4. The Morgan fingerprint density at radius 1 is 0.440 bits per heavy atom. The second-order valence-corrected chi connectivity index (χ2v) is 24.3. The van der Waals surface area contributed by atoms with Crippen LogP contribution in [0.15, 0.2) is 60.8 Å². The van der Waals surface area contributed by atoms with E-state index < -0.39 is 86.8 Å². The highest BCUT2D eigenvalue weighted by molar-refractivity contribution is 5.76. The smallest absolute Gasteiger partial charge is 0.220 e. The summed E-state index contributed by atoms with van der Waals surface area (Å²) in [5.41, 5.74) is 0. The zero-order valence-corrected chi connectivity index (χ0v) is 53.1.